The third kappa shape index (κ3) is 38.6. The van der Waals surface area contributed by atoms with E-state index >= 15 is 0 Å². The normalized spacial score (nSPS) is 14.7. The minimum absolute atomic E-state index is 0.00462. The highest BCUT2D eigenvalue weighted by Crippen LogP contribution is 2.36. The van der Waals surface area contributed by atoms with Crippen molar-refractivity contribution >= 4 is 19.8 Å². The van der Waals surface area contributed by atoms with E-state index in [1.54, 1.807) is 36.5 Å². The molecule has 0 heterocycles. The molecule has 0 aliphatic rings. The van der Waals surface area contributed by atoms with Crippen LogP contribution < -0.4 is 0 Å². The summed E-state index contributed by atoms with van der Waals surface area (Å²) in [7, 11) is -4.83. The number of carbonyl (C=O) groups is 2. The molecule has 0 amide bonds. The topological polar surface area (TPSA) is 160 Å². The van der Waals surface area contributed by atoms with Gasteiger partial charge in [-0.15, -0.1) is 0 Å². The van der Waals surface area contributed by atoms with Crippen LogP contribution in [0.1, 0.15) is 129 Å². The van der Waals surface area contributed by atoms with Crippen LogP contribution in [0.25, 0.3) is 0 Å². The summed E-state index contributed by atoms with van der Waals surface area (Å²) in [6, 6.07) is 0. The van der Waals surface area contributed by atoms with E-state index in [1.807, 2.05) is 6.08 Å². The van der Waals surface area contributed by atoms with Crippen LogP contribution in [0.5, 0.6) is 0 Å². The summed E-state index contributed by atoms with van der Waals surface area (Å²) >= 11 is 0. The number of phosphoric acid groups is 1. The van der Waals surface area contributed by atoms with E-state index in [9.17, 15) is 24.4 Å². The molecule has 0 saturated heterocycles. The number of carbonyl (C=O) groups excluding carboxylic acids is 2. The molecule has 0 rings (SSSR count). The molecule has 0 aromatic rings. The van der Waals surface area contributed by atoms with Crippen LogP contribution >= 0.6 is 7.82 Å². The van der Waals surface area contributed by atoms with Crippen molar-refractivity contribution in [3.05, 3.63) is 97.2 Å². The lowest BCUT2D eigenvalue weighted by molar-refractivity contribution is -0.161. The van der Waals surface area contributed by atoms with Crippen LogP contribution in [0.2, 0.25) is 0 Å². The molecule has 10 nitrogen and oxygen atoms in total. The van der Waals surface area contributed by atoms with E-state index in [4.69, 9.17) is 19.3 Å². The number of rotatable bonds is 34. The zero-order valence-corrected chi connectivity index (χ0v) is 33.7. The number of allylic oxidation sites excluding steroid dienone is 13. The van der Waals surface area contributed by atoms with Crippen molar-refractivity contribution in [2.75, 3.05) is 13.2 Å². The maximum atomic E-state index is 12.4. The van der Waals surface area contributed by atoms with Crippen LogP contribution in [0.15, 0.2) is 97.2 Å². The maximum Gasteiger partial charge on any atom is 0.469 e. The minimum atomic E-state index is -4.83. The van der Waals surface area contributed by atoms with Gasteiger partial charge < -0.3 is 29.5 Å². The van der Waals surface area contributed by atoms with Gasteiger partial charge in [0.15, 0.2) is 6.10 Å². The highest BCUT2D eigenvalue weighted by atomic mass is 31.2. The second-order valence-electron chi connectivity index (χ2n) is 12.9. The second-order valence-corrected chi connectivity index (χ2v) is 14.2. The predicted molar refractivity (Wildman–Crippen MR) is 218 cm³/mol. The van der Waals surface area contributed by atoms with E-state index in [0.717, 1.165) is 57.8 Å². The molecule has 0 spiro atoms. The van der Waals surface area contributed by atoms with Gasteiger partial charge >= 0.3 is 19.8 Å². The lowest BCUT2D eigenvalue weighted by atomic mass is 10.1. The zero-order valence-electron chi connectivity index (χ0n) is 32.8. The summed E-state index contributed by atoms with van der Waals surface area (Å²) in [5.74, 6) is -1.17. The van der Waals surface area contributed by atoms with E-state index in [1.165, 1.54) is 19.3 Å². The highest BCUT2D eigenvalue weighted by molar-refractivity contribution is 7.46. The van der Waals surface area contributed by atoms with Crippen molar-refractivity contribution < 1.29 is 48.2 Å². The Morgan fingerprint density at radius 3 is 1.80 bits per heavy atom. The summed E-state index contributed by atoms with van der Waals surface area (Å²) in [6.45, 7) is 3.26. The Morgan fingerprint density at radius 1 is 0.611 bits per heavy atom. The number of ether oxygens (including phenoxy) is 2. The van der Waals surface area contributed by atoms with Gasteiger partial charge in [0.1, 0.15) is 6.61 Å². The Balaban J connectivity index is 4.29. The molecule has 306 valence electrons. The molecular formula is C43H69O10P. The van der Waals surface area contributed by atoms with Crippen molar-refractivity contribution in [2.45, 2.75) is 148 Å². The predicted octanol–water partition coefficient (Wildman–Crippen LogP) is 9.78. The second kappa shape index (κ2) is 36.8. The number of hydrogen-bond donors (Lipinski definition) is 4. The molecule has 0 radical (unpaired) electrons. The minimum Gasteiger partial charge on any atom is -0.462 e. The molecule has 3 atom stereocenters. The molecule has 4 N–H and O–H groups in total. The molecule has 11 heteroatoms. The molecule has 0 aliphatic carbocycles. The van der Waals surface area contributed by atoms with E-state index < -0.39 is 51.3 Å². The van der Waals surface area contributed by atoms with Crippen molar-refractivity contribution in [1.82, 2.24) is 0 Å². The van der Waals surface area contributed by atoms with Gasteiger partial charge in [-0.3, -0.25) is 14.1 Å². The Kier molecular flexibility index (Phi) is 34.7. The summed E-state index contributed by atoms with van der Waals surface area (Å²) < 4.78 is 26.2. The monoisotopic (exact) mass is 776 g/mol. The molecular weight excluding hydrogens is 707 g/mol. The fourth-order valence-corrected chi connectivity index (χ4v) is 5.15. The Morgan fingerprint density at radius 2 is 1.17 bits per heavy atom. The third-order valence-corrected chi connectivity index (χ3v) is 8.26. The number of hydrogen-bond acceptors (Lipinski definition) is 8. The summed E-state index contributed by atoms with van der Waals surface area (Å²) in [5.41, 5.74) is 0. The van der Waals surface area contributed by atoms with E-state index in [2.05, 4.69) is 73.1 Å². The molecule has 54 heavy (non-hydrogen) atoms. The van der Waals surface area contributed by atoms with Gasteiger partial charge in [0.25, 0.3) is 0 Å². The van der Waals surface area contributed by atoms with Crippen LogP contribution in [-0.4, -0.2) is 63.5 Å². The van der Waals surface area contributed by atoms with Crippen LogP contribution in [-0.2, 0) is 28.2 Å². The first-order valence-electron chi connectivity index (χ1n) is 19.7. The lowest BCUT2D eigenvalue weighted by Gasteiger charge is -2.18. The quantitative estimate of drug-likeness (QED) is 0.0163. The lowest BCUT2D eigenvalue weighted by Crippen LogP contribution is -2.29. The van der Waals surface area contributed by atoms with Crippen molar-refractivity contribution in [3.63, 3.8) is 0 Å². The Bertz CT molecular complexity index is 1220. The molecule has 0 fully saturated rings. The smallest absolute Gasteiger partial charge is 0.462 e. The SMILES string of the molecule is CC/C=C\C/C=C\C/C=C\C/C=C\CCCCCCC(=O)O[C@H](COC(=O)CCC[C@H](O)\C=C/C=C/C=C/[C@H](O)C/C=C\CCCCC)COP(=O)(O)O. The Labute approximate surface area is 325 Å². The molecule has 0 aliphatic heterocycles. The molecule has 0 bridgehead atoms. The number of phosphoric ester groups is 1. The number of aliphatic hydroxyl groups is 2. The summed E-state index contributed by atoms with van der Waals surface area (Å²) in [4.78, 5) is 42.8. The fourth-order valence-electron chi connectivity index (χ4n) is 4.79. The van der Waals surface area contributed by atoms with Gasteiger partial charge in [-0.05, 0) is 77.0 Å². The van der Waals surface area contributed by atoms with Gasteiger partial charge in [-0.1, -0.05) is 137 Å². The van der Waals surface area contributed by atoms with Crippen LogP contribution in [0.4, 0.5) is 0 Å². The first-order valence-corrected chi connectivity index (χ1v) is 21.3. The third-order valence-electron chi connectivity index (χ3n) is 7.78. The van der Waals surface area contributed by atoms with Gasteiger partial charge in [-0.2, -0.15) is 0 Å². The van der Waals surface area contributed by atoms with Gasteiger partial charge in [0, 0.05) is 12.8 Å². The molecule has 0 unspecified atom stereocenters. The van der Waals surface area contributed by atoms with E-state index in [0.29, 0.717) is 25.7 Å². The molecule has 0 aromatic carbocycles. The van der Waals surface area contributed by atoms with Gasteiger partial charge in [0.2, 0.25) is 0 Å². The number of esters is 2. The number of unbranched alkanes of at least 4 members (excludes halogenated alkanes) is 7. The van der Waals surface area contributed by atoms with Crippen LogP contribution in [0, 0.1) is 0 Å². The standard InChI is InChI=1S/C43H69O10P/c1-3-5-7-9-11-12-13-14-15-16-17-18-19-20-21-23-29-35-43(47)53-41(38-52-54(48,49)50)37-51-42(46)36-30-34-40(45)33-28-25-24-27-32-39(44)31-26-22-10-8-6-4-2/h5,7,11-12,14-15,17-18,22,24-28,32-33,39-41,44-45H,3-4,6,8-10,13,16,19-21,23,29-31,34-38H2,1-2H3,(H2,48,49,50)/b7-5-,12-11-,15-14-,18-17-,25-24+,26-22-,32-27+,33-28-/t39-,40-,41-/m1/s1. The zero-order chi connectivity index (χ0) is 40.0. The van der Waals surface area contributed by atoms with Crippen molar-refractivity contribution in [1.29, 1.82) is 0 Å². The van der Waals surface area contributed by atoms with Crippen LogP contribution in [0.3, 0.4) is 0 Å². The maximum absolute atomic E-state index is 12.4. The molecule has 0 aromatic heterocycles. The fraction of sp³-hybridized carbons (Fsp3) is 0.581. The first kappa shape index (κ1) is 50.9. The highest BCUT2D eigenvalue weighted by Gasteiger charge is 2.23. The largest absolute Gasteiger partial charge is 0.469 e. The summed E-state index contributed by atoms with van der Waals surface area (Å²) in [5, 5.41) is 20.1. The van der Waals surface area contributed by atoms with Gasteiger partial charge in [-0.25, -0.2) is 4.57 Å². The summed E-state index contributed by atoms with van der Waals surface area (Å²) in [6.07, 6.45) is 43.3. The van der Waals surface area contributed by atoms with Crippen molar-refractivity contribution in [3.8, 4) is 0 Å². The number of aliphatic hydroxyl groups excluding tert-OH is 2. The van der Waals surface area contributed by atoms with Crippen molar-refractivity contribution in [2.24, 2.45) is 0 Å². The Hall–Kier alpha value is -3.11. The molecule has 0 saturated carbocycles. The van der Waals surface area contributed by atoms with Gasteiger partial charge in [0.05, 0.1) is 18.8 Å². The average molecular weight is 777 g/mol. The average Bonchev–Trinajstić information content (AvgIpc) is 3.13. The first-order chi connectivity index (χ1) is 26.1. The van der Waals surface area contributed by atoms with E-state index in [-0.39, 0.29) is 12.8 Å².